The molecule has 23 heavy (non-hydrogen) atoms. The summed E-state index contributed by atoms with van der Waals surface area (Å²) in [5.41, 5.74) is 0.926. The number of carbonyl (C=O) groups excluding carboxylic acids is 3. The van der Waals surface area contributed by atoms with Gasteiger partial charge in [0.1, 0.15) is 5.75 Å². The molecule has 2 aromatic carbocycles. The van der Waals surface area contributed by atoms with E-state index in [9.17, 15) is 19.5 Å². The number of carboxylic acids is 1. The highest BCUT2D eigenvalue weighted by Crippen LogP contribution is 2.26. The van der Waals surface area contributed by atoms with Crippen LogP contribution < -0.4 is 9.84 Å². The van der Waals surface area contributed by atoms with Gasteiger partial charge in [-0.2, -0.15) is 0 Å². The summed E-state index contributed by atoms with van der Waals surface area (Å²) in [6.45, 7) is 0.108. The van der Waals surface area contributed by atoms with Gasteiger partial charge < -0.3 is 14.6 Å². The van der Waals surface area contributed by atoms with Gasteiger partial charge in [-0.25, -0.2) is 0 Å². The van der Waals surface area contributed by atoms with E-state index in [1.165, 1.54) is 18.2 Å². The van der Waals surface area contributed by atoms with Crippen molar-refractivity contribution in [1.82, 2.24) is 4.90 Å². The molecule has 6 heteroatoms. The van der Waals surface area contributed by atoms with Gasteiger partial charge in [0.15, 0.2) is 0 Å². The second-order valence-corrected chi connectivity index (χ2v) is 5.09. The van der Waals surface area contributed by atoms with Crippen molar-refractivity contribution in [2.45, 2.75) is 6.54 Å². The SMILES string of the molecule is COc1ccc(CN2C(=O)c3ccc(C(=O)[O-])cc3C2=O)cc1. The van der Waals surface area contributed by atoms with Crippen molar-refractivity contribution in [2.75, 3.05) is 7.11 Å². The van der Waals surface area contributed by atoms with Gasteiger partial charge in [-0.15, -0.1) is 0 Å². The molecule has 6 nitrogen and oxygen atoms in total. The maximum absolute atomic E-state index is 12.4. The number of imide groups is 1. The molecule has 0 saturated carbocycles. The summed E-state index contributed by atoms with van der Waals surface area (Å²) in [5.74, 6) is -1.66. The molecule has 0 unspecified atom stereocenters. The Hall–Kier alpha value is -3.15. The average Bonchev–Trinajstić information content (AvgIpc) is 2.80. The normalized spacial score (nSPS) is 13.2. The second kappa shape index (κ2) is 5.57. The zero-order valence-corrected chi connectivity index (χ0v) is 12.2. The van der Waals surface area contributed by atoms with E-state index >= 15 is 0 Å². The topological polar surface area (TPSA) is 86.7 Å². The van der Waals surface area contributed by atoms with Crippen LogP contribution in [0.2, 0.25) is 0 Å². The van der Waals surface area contributed by atoms with E-state index in [2.05, 4.69) is 0 Å². The summed E-state index contributed by atoms with van der Waals surface area (Å²) in [7, 11) is 1.55. The highest BCUT2D eigenvalue weighted by atomic mass is 16.5. The molecular weight excluding hydrogens is 298 g/mol. The van der Waals surface area contributed by atoms with Gasteiger partial charge in [0.25, 0.3) is 11.8 Å². The fourth-order valence-corrected chi connectivity index (χ4v) is 2.47. The number of aromatic carboxylic acids is 1. The van der Waals surface area contributed by atoms with E-state index in [0.29, 0.717) is 5.75 Å². The Bertz CT molecular complexity index is 810. The van der Waals surface area contributed by atoms with Crippen LogP contribution in [-0.2, 0) is 6.54 Å². The summed E-state index contributed by atoms with van der Waals surface area (Å²) >= 11 is 0. The number of benzene rings is 2. The van der Waals surface area contributed by atoms with Gasteiger partial charge in [0.05, 0.1) is 30.8 Å². The van der Waals surface area contributed by atoms with Crippen LogP contribution in [0.5, 0.6) is 5.75 Å². The Morgan fingerprint density at radius 1 is 1.04 bits per heavy atom. The number of hydrogen-bond acceptors (Lipinski definition) is 5. The smallest absolute Gasteiger partial charge is 0.261 e. The van der Waals surface area contributed by atoms with E-state index in [4.69, 9.17) is 4.74 Å². The minimum Gasteiger partial charge on any atom is -0.545 e. The number of nitrogens with zero attached hydrogens (tertiary/aromatic N) is 1. The van der Waals surface area contributed by atoms with Gasteiger partial charge in [-0.05, 0) is 35.4 Å². The zero-order chi connectivity index (χ0) is 16.6. The molecule has 2 aromatic rings. The minimum atomic E-state index is -1.39. The summed E-state index contributed by atoms with van der Waals surface area (Å²) in [4.78, 5) is 36.7. The molecule has 1 aliphatic heterocycles. The number of carboxylic acid groups (broad SMARTS) is 1. The first-order chi connectivity index (χ1) is 11.0. The first kappa shape index (κ1) is 14.8. The van der Waals surface area contributed by atoms with Gasteiger partial charge >= 0.3 is 0 Å². The molecule has 0 fully saturated rings. The molecule has 3 rings (SSSR count). The third kappa shape index (κ3) is 2.55. The lowest BCUT2D eigenvalue weighted by Crippen LogP contribution is -2.29. The van der Waals surface area contributed by atoms with Crippen LogP contribution in [0.3, 0.4) is 0 Å². The number of ether oxygens (including phenoxy) is 1. The summed E-state index contributed by atoms with van der Waals surface area (Å²) < 4.78 is 5.06. The highest BCUT2D eigenvalue weighted by Gasteiger charge is 2.35. The maximum atomic E-state index is 12.4. The van der Waals surface area contributed by atoms with Crippen molar-refractivity contribution in [2.24, 2.45) is 0 Å². The Morgan fingerprint density at radius 2 is 1.70 bits per heavy atom. The van der Waals surface area contributed by atoms with E-state index in [0.717, 1.165) is 10.5 Å². The van der Waals surface area contributed by atoms with Gasteiger partial charge in [-0.1, -0.05) is 18.2 Å². The third-order valence-electron chi connectivity index (χ3n) is 3.71. The molecule has 0 radical (unpaired) electrons. The number of hydrogen-bond donors (Lipinski definition) is 0. The lowest BCUT2D eigenvalue weighted by atomic mass is 10.1. The first-order valence-corrected chi connectivity index (χ1v) is 6.86. The third-order valence-corrected chi connectivity index (χ3v) is 3.71. The molecule has 0 aliphatic carbocycles. The van der Waals surface area contributed by atoms with Gasteiger partial charge in [-0.3, -0.25) is 14.5 Å². The van der Waals surface area contributed by atoms with Crippen LogP contribution in [0.25, 0.3) is 0 Å². The summed E-state index contributed by atoms with van der Waals surface area (Å²) in [5, 5.41) is 10.9. The summed E-state index contributed by atoms with van der Waals surface area (Å²) in [6, 6.07) is 10.8. The molecule has 1 heterocycles. The Balaban J connectivity index is 1.88. The van der Waals surface area contributed by atoms with Crippen LogP contribution in [0.1, 0.15) is 36.6 Å². The Labute approximate surface area is 131 Å². The molecule has 0 bridgehead atoms. The van der Waals surface area contributed by atoms with Crippen molar-refractivity contribution in [1.29, 1.82) is 0 Å². The molecule has 0 spiro atoms. The number of fused-ring (bicyclic) bond motifs is 1. The number of rotatable bonds is 4. The van der Waals surface area contributed by atoms with Crippen molar-refractivity contribution >= 4 is 17.8 Å². The van der Waals surface area contributed by atoms with E-state index in [1.807, 2.05) is 0 Å². The van der Waals surface area contributed by atoms with Crippen molar-refractivity contribution in [3.8, 4) is 5.75 Å². The predicted molar refractivity (Wildman–Crippen MR) is 78.0 cm³/mol. The Kier molecular flexibility index (Phi) is 3.57. The van der Waals surface area contributed by atoms with Crippen LogP contribution in [0, 0.1) is 0 Å². The van der Waals surface area contributed by atoms with Crippen LogP contribution in [-0.4, -0.2) is 29.8 Å². The van der Waals surface area contributed by atoms with Gasteiger partial charge in [0, 0.05) is 0 Å². The van der Waals surface area contributed by atoms with E-state index in [1.54, 1.807) is 31.4 Å². The predicted octanol–water partition coefficient (Wildman–Crippen LogP) is 0.855. The number of carbonyl (C=O) groups is 3. The number of methoxy groups -OCH3 is 1. The quantitative estimate of drug-likeness (QED) is 0.782. The number of amides is 2. The molecule has 0 aromatic heterocycles. The lowest BCUT2D eigenvalue weighted by molar-refractivity contribution is -0.255. The standard InChI is InChI=1S/C17H13NO5/c1-23-12-5-2-10(3-6-12)9-18-15(19)13-7-4-11(17(21)22)8-14(13)16(18)20/h2-8H,9H2,1H3,(H,21,22)/p-1. The van der Waals surface area contributed by atoms with Crippen LogP contribution >= 0.6 is 0 Å². The van der Waals surface area contributed by atoms with Crippen molar-refractivity contribution < 1.29 is 24.2 Å². The fraction of sp³-hybridized carbons (Fsp3) is 0.118. The minimum absolute atomic E-state index is 0.0882. The largest absolute Gasteiger partial charge is 0.545 e. The fourth-order valence-electron chi connectivity index (χ4n) is 2.47. The average molecular weight is 310 g/mol. The molecule has 0 N–H and O–H groups in total. The van der Waals surface area contributed by atoms with Crippen LogP contribution in [0.15, 0.2) is 42.5 Å². The molecule has 1 aliphatic rings. The highest BCUT2D eigenvalue weighted by molar-refractivity contribution is 6.21. The molecular formula is C17H12NO5-. The van der Waals surface area contributed by atoms with Crippen LogP contribution in [0.4, 0.5) is 0 Å². The van der Waals surface area contributed by atoms with Crippen molar-refractivity contribution in [3.63, 3.8) is 0 Å². The Morgan fingerprint density at radius 3 is 2.30 bits per heavy atom. The maximum Gasteiger partial charge on any atom is 0.261 e. The summed E-state index contributed by atoms with van der Waals surface area (Å²) in [6.07, 6.45) is 0. The molecule has 0 saturated heterocycles. The molecule has 2 amide bonds. The van der Waals surface area contributed by atoms with E-state index < -0.39 is 17.8 Å². The molecule has 116 valence electrons. The van der Waals surface area contributed by atoms with Gasteiger partial charge in [0.2, 0.25) is 0 Å². The zero-order valence-electron chi connectivity index (χ0n) is 12.2. The van der Waals surface area contributed by atoms with Crippen molar-refractivity contribution in [3.05, 3.63) is 64.7 Å². The van der Waals surface area contributed by atoms with E-state index in [-0.39, 0.29) is 23.2 Å². The second-order valence-electron chi connectivity index (χ2n) is 5.09. The first-order valence-electron chi connectivity index (χ1n) is 6.86. The monoisotopic (exact) mass is 310 g/mol. The molecule has 0 atom stereocenters. The lowest BCUT2D eigenvalue weighted by Gasteiger charge is -2.14.